The zero-order valence-corrected chi connectivity index (χ0v) is 8.50. The zero-order valence-electron chi connectivity index (χ0n) is 8.50. The van der Waals surface area contributed by atoms with E-state index < -0.39 is 0 Å². The van der Waals surface area contributed by atoms with Gasteiger partial charge in [0.05, 0.1) is 19.3 Å². The second kappa shape index (κ2) is 6.35. The van der Waals surface area contributed by atoms with Gasteiger partial charge < -0.3 is 15.2 Å². The summed E-state index contributed by atoms with van der Waals surface area (Å²) in [6.07, 6.45) is 3.64. The normalized spacial score (nSPS) is 24.9. The van der Waals surface area contributed by atoms with Crippen molar-refractivity contribution in [2.75, 3.05) is 26.4 Å². The van der Waals surface area contributed by atoms with Gasteiger partial charge in [-0.05, 0) is 32.7 Å². The minimum absolute atomic E-state index is 0.351. The highest BCUT2D eigenvalue weighted by Crippen LogP contribution is 2.14. The third-order valence-electron chi connectivity index (χ3n) is 2.46. The van der Waals surface area contributed by atoms with Crippen molar-refractivity contribution in [1.29, 1.82) is 0 Å². The van der Waals surface area contributed by atoms with Crippen LogP contribution in [0.2, 0.25) is 0 Å². The Morgan fingerprint density at radius 2 is 2.46 bits per heavy atom. The van der Waals surface area contributed by atoms with Crippen LogP contribution >= 0.6 is 0 Å². The first-order valence-electron chi connectivity index (χ1n) is 5.22. The fourth-order valence-electron chi connectivity index (χ4n) is 1.50. The van der Waals surface area contributed by atoms with Gasteiger partial charge in [0.25, 0.3) is 0 Å². The molecule has 0 spiro atoms. The van der Waals surface area contributed by atoms with E-state index in [1.54, 1.807) is 0 Å². The summed E-state index contributed by atoms with van der Waals surface area (Å²) in [7, 11) is 0. The van der Waals surface area contributed by atoms with E-state index in [-0.39, 0.29) is 0 Å². The summed E-state index contributed by atoms with van der Waals surface area (Å²) >= 11 is 0. The molecule has 1 saturated heterocycles. The predicted octanol–water partition coefficient (Wildman–Crippen LogP) is 1.17. The smallest absolute Gasteiger partial charge is 0.0547 e. The maximum atomic E-state index is 5.69. The third kappa shape index (κ3) is 4.60. The molecule has 78 valence electrons. The first-order valence-corrected chi connectivity index (χ1v) is 5.22. The Morgan fingerprint density at radius 3 is 3.08 bits per heavy atom. The lowest BCUT2D eigenvalue weighted by atomic mass is 10.1. The molecule has 3 nitrogen and oxygen atoms in total. The molecule has 1 heterocycles. The van der Waals surface area contributed by atoms with Crippen LogP contribution in [0.1, 0.15) is 26.2 Å². The van der Waals surface area contributed by atoms with Crippen LogP contribution in [0.3, 0.4) is 0 Å². The van der Waals surface area contributed by atoms with Gasteiger partial charge in [0.2, 0.25) is 0 Å². The molecule has 0 radical (unpaired) electrons. The molecule has 0 saturated carbocycles. The van der Waals surface area contributed by atoms with Crippen LogP contribution in [0.5, 0.6) is 0 Å². The minimum Gasteiger partial charge on any atom is -0.381 e. The van der Waals surface area contributed by atoms with Crippen LogP contribution in [0.25, 0.3) is 0 Å². The van der Waals surface area contributed by atoms with Crippen molar-refractivity contribution in [3.05, 3.63) is 0 Å². The summed E-state index contributed by atoms with van der Waals surface area (Å²) in [4.78, 5) is 0. The lowest BCUT2D eigenvalue weighted by Crippen LogP contribution is -2.17. The first kappa shape index (κ1) is 11.0. The topological polar surface area (TPSA) is 44.5 Å². The summed E-state index contributed by atoms with van der Waals surface area (Å²) < 4.78 is 11.0. The Bertz CT molecular complexity index is 124. The van der Waals surface area contributed by atoms with Crippen LogP contribution in [-0.2, 0) is 9.47 Å². The Labute approximate surface area is 80.6 Å². The molecular weight excluding hydrogens is 166 g/mol. The highest BCUT2D eigenvalue weighted by molar-refractivity contribution is 4.64. The molecule has 1 aliphatic rings. The summed E-state index contributed by atoms with van der Waals surface area (Å²) in [5.74, 6) is 0.625. The van der Waals surface area contributed by atoms with Crippen LogP contribution in [0.15, 0.2) is 0 Å². The second-order valence-corrected chi connectivity index (χ2v) is 3.80. The first-order chi connectivity index (χ1) is 6.33. The lowest BCUT2D eigenvalue weighted by Gasteiger charge is -2.14. The van der Waals surface area contributed by atoms with Gasteiger partial charge >= 0.3 is 0 Å². The van der Waals surface area contributed by atoms with Gasteiger partial charge in [-0.25, -0.2) is 0 Å². The van der Waals surface area contributed by atoms with Crippen molar-refractivity contribution in [1.82, 2.24) is 0 Å². The van der Waals surface area contributed by atoms with Gasteiger partial charge in [0.1, 0.15) is 0 Å². The maximum absolute atomic E-state index is 5.69. The molecule has 13 heavy (non-hydrogen) atoms. The van der Waals surface area contributed by atoms with Crippen molar-refractivity contribution in [3.63, 3.8) is 0 Å². The molecule has 0 aromatic carbocycles. The van der Waals surface area contributed by atoms with E-state index >= 15 is 0 Å². The molecule has 0 aromatic heterocycles. The average Bonchev–Trinajstić information content (AvgIpc) is 2.64. The van der Waals surface area contributed by atoms with E-state index in [9.17, 15) is 0 Å². The van der Waals surface area contributed by atoms with Crippen molar-refractivity contribution < 1.29 is 9.47 Å². The molecule has 0 bridgehead atoms. The van der Waals surface area contributed by atoms with E-state index in [1.807, 2.05) is 0 Å². The van der Waals surface area contributed by atoms with Gasteiger partial charge in [-0.2, -0.15) is 0 Å². The van der Waals surface area contributed by atoms with Crippen LogP contribution in [0.4, 0.5) is 0 Å². The largest absolute Gasteiger partial charge is 0.381 e. The number of rotatable bonds is 6. The Kier molecular flexibility index (Phi) is 5.35. The van der Waals surface area contributed by atoms with Gasteiger partial charge in [0, 0.05) is 12.5 Å². The van der Waals surface area contributed by atoms with Crippen molar-refractivity contribution >= 4 is 0 Å². The molecule has 1 aliphatic heterocycles. The zero-order chi connectivity index (χ0) is 9.52. The quantitative estimate of drug-likeness (QED) is 0.679. The second-order valence-electron chi connectivity index (χ2n) is 3.80. The molecule has 1 rings (SSSR count). The lowest BCUT2D eigenvalue weighted by molar-refractivity contribution is 0.0315. The highest BCUT2D eigenvalue weighted by Gasteiger charge is 2.16. The fourth-order valence-corrected chi connectivity index (χ4v) is 1.50. The number of nitrogens with two attached hydrogens (primary N) is 1. The molecule has 0 aromatic rings. The highest BCUT2D eigenvalue weighted by atomic mass is 16.5. The number of hydrogen-bond acceptors (Lipinski definition) is 3. The Morgan fingerprint density at radius 1 is 1.62 bits per heavy atom. The number of hydrogen-bond donors (Lipinski definition) is 1. The van der Waals surface area contributed by atoms with Gasteiger partial charge in [-0.3, -0.25) is 0 Å². The average molecular weight is 187 g/mol. The third-order valence-corrected chi connectivity index (χ3v) is 2.46. The van der Waals surface area contributed by atoms with Crippen LogP contribution < -0.4 is 5.73 Å². The molecule has 0 amide bonds. The maximum Gasteiger partial charge on any atom is 0.0547 e. The van der Waals surface area contributed by atoms with E-state index in [0.717, 1.165) is 45.6 Å². The minimum atomic E-state index is 0.351. The van der Waals surface area contributed by atoms with E-state index in [0.29, 0.717) is 12.0 Å². The molecule has 2 unspecified atom stereocenters. The van der Waals surface area contributed by atoms with E-state index in [2.05, 4.69) is 6.92 Å². The number of ether oxygens (including phenoxy) is 2. The summed E-state index contributed by atoms with van der Waals surface area (Å²) in [6.45, 7) is 5.52. The van der Waals surface area contributed by atoms with Crippen LogP contribution in [0, 0.1) is 5.92 Å². The Balaban J connectivity index is 1.97. The van der Waals surface area contributed by atoms with Crippen molar-refractivity contribution in [3.8, 4) is 0 Å². The van der Waals surface area contributed by atoms with Gasteiger partial charge in [-0.1, -0.05) is 0 Å². The molecule has 1 fully saturated rings. The van der Waals surface area contributed by atoms with Gasteiger partial charge in [-0.15, -0.1) is 0 Å². The molecule has 0 aliphatic carbocycles. The van der Waals surface area contributed by atoms with E-state index in [4.69, 9.17) is 15.2 Å². The molecular formula is C10H21NO2. The van der Waals surface area contributed by atoms with Gasteiger partial charge in [0.15, 0.2) is 0 Å². The molecule has 2 atom stereocenters. The SMILES string of the molecule is CC(CCCN)OCC1CCOC1. The van der Waals surface area contributed by atoms with E-state index in [1.165, 1.54) is 0 Å². The fraction of sp³-hybridized carbons (Fsp3) is 1.00. The molecule has 3 heteroatoms. The summed E-state index contributed by atoms with van der Waals surface area (Å²) in [6, 6.07) is 0. The van der Waals surface area contributed by atoms with Crippen molar-refractivity contribution in [2.45, 2.75) is 32.3 Å². The summed E-state index contributed by atoms with van der Waals surface area (Å²) in [5, 5.41) is 0. The monoisotopic (exact) mass is 187 g/mol. The summed E-state index contributed by atoms with van der Waals surface area (Å²) in [5.41, 5.74) is 5.42. The Hall–Kier alpha value is -0.120. The van der Waals surface area contributed by atoms with Crippen molar-refractivity contribution in [2.24, 2.45) is 11.7 Å². The molecule has 2 N–H and O–H groups in total. The van der Waals surface area contributed by atoms with Crippen LogP contribution in [-0.4, -0.2) is 32.5 Å². The predicted molar refractivity (Wildman–Crippen MR) is 52.6 cm³/mol. The standard InChI is InChI=1S/C10H21NO2/c1-9(3-2-5-11)13-8-10-4-6-12-7-10/h9-10H,2-8,11H2,1H3.